The zero-order chi connectivity index (χ0) is 18.8. The van der Waals surface area contributed by atoms with E-state index in [1.54, 1.807) is 0 Å². The van der Waals surface area contributed by atoms with Gasteiger partial charge in [0.25, 0.3) is 0 Å². The molecule has 1 unspecified atom stereocenters. The maximum atomic E-state index is 10.3. The monoisotopic (exact) mass is 365 g/mol. The molecule has 0 bridgehead atoms. The number of phenolic OH excluding ortho intramolecular Hbond substituents is 1. The smallest absolute Gasteiger partial charge is 0.160 e. The summed E-state index contributed by atoms with van der Waals surface area (Å²) >= 11 is 5.38. The zero-order valence-electron chi connectivity index (χ0n) is 16.6. The van der Waals surface area contributed by atoms with Crippen LogP contribution < -0.4 is 0 Å². The van der Waals surface area contributed by atoms with Crippen LogP contribution in [0.3, 0.4) is 0 Å². The van der Waals surface area contributed by atoms with Gasteiger partial charge in [-0.25, -0.2) is 0 Å². The Bertz CT molecular complexity index is 543. The van der Waals surface area contributed by atoms with Gasteiger partial charge >= 0.3 is 0 Å². The van der Waals surface area contributed by atoms with Gasteiger partial charge in [0.2, 0.25) is 0 Å². The fourth-order valence-electron chi connectivity index (χ4n) is 2.93. The van der Waals surface area contributed by atoms with Gasteiger partial charge in [0, 0.05) is 13.0 Å². The molecule has 0 fully saturated rings. The summed E-state index contributed by atoms with van der Waals surface area (Å²) in [4.78, 5) is 2.10. The third kappa shape index (κ3) is 8.19. The molecule has 4 heteroatoms. The van der Waals surface area contributed by atoms with Crippen molar-refractivity contribution >= 4 is 17.3 Å². The normalized spacial score (nSPS) is 12.4. The molecular formula is C21H35NO2S. The summed E-state index contributed by atoms with van der Waals surface area (Å²) in [6.45, 7) is 8.08. The SMILES string of the molecule is CCCCC(CC)COC(=S)CCc1cc(C)c(CN(C)C)cc1O. The van der Waals surface area contributed by atoms with Crippen molar-refractivity contribution in [1.29, 1.82) is 0 Å². The van der Waals surface area contributed by atoms with Crippen molar-refractivity contribution in [1.82, 2.24) is 4.90 Å². The number of ether oxygens (including phenoxy) is 1. The Morgan fingerprint density at radius 2 is 1.96 bits per heavy atom. The summed E-state index contributed by atoms with van der Waals surface area (Å²) < 4.78 is 5.80. The van der Waals surface area contributed by atoms with E-state index in [-0.39, 0.29) is 0 Å². The van der Waals surface area contributed by atoms with Crippen LogP contribution in [0.25, 0.3) is 0 Å². The molecule has 1 rings (SSSR count). The third-order valence-electron chi connectivity index (χ3n) is 4.65. The summed E-state index contributed by atoms with van der Waals surface area (Å²) in [6, 6.07) is 3.96. The molecule has 1 N–H and O–H groups in total. The first kappa shape index (κ1) is 21.9. The number of benzene rings is 1. The first-order valence-electron chi connectivity index (χ1n) is 9.49. The molecule has 3 nitrogen and oxygen atoms in total. The number of hydrogen-bond donors (Lipinski definition) is 1. The van der Waals surface area contributed by atoms with Crippen molar-refractivity contribution in [3.63, 3.8) is 0 Å². The molecule has 1 atom stereocenters. The molecule has 1 aromatic carbocycles. The first-order valence-corrected chi connectivity index (χ1v) is 9.89. The van der Waals surface area contributed by atoms with Gasteiger partial charge in [-0.05, 0) is 74.8 Å². The Balaban J connectivity index is 2.51. The van der Waals surface area contributed by atoms with E-state index in [0.29, 0.717) is 23.1 Å². The van der Waals surface area contributed by atoms with E-state index in [1.165, 1.54) is 24.8 Å². The second-order valence-electron chi connectivity index (χ2n) is 7.24. The minimum Gasteiger partial charge on any atom is -0.508 e. The maximum Gasteiger partial charge on any atom is 0.160 e. The topological polar surface area (TPSA) is 32.7 Å². The quantitative estimate of drug-likeness (QED) is 0.543. The van der Waals surface area contributed by atoms with E-state index < -0.39 is 0 Å². The Labute approximate surface area is 159 Å². The Morgan fingerprint density at radius 1 is 1.24 bits per heavy atom. The van der Waals surface area contributed by atoms with Crippen molar-refractivity contribution in [3.8, 4) is 5.75 Å². The van der Waals surface area contributed by atoms with Crippen molar-refractivity contribution < 1.29 is 9.84 Å². The second kappa shape index (κ2) is 11.5. The van der Waals surface area contributed by atoms with E-state index in [9.17, 15) is 5.11 Å². The molecule has 0 saturated carbocycles. The largest absolute Gasteiger partial charge is 0.508 e. The van der Waals surface area contributed by atoms with E-state index in [2.05, 4.69) is 31.7 Å². The highest BCUT2D eigenvalue weighted by Gasteiger charge is 2.11. The summed E-state index contributed by atoms with van der Waals surface area (Å²) in [7, 11) is 4.06. The molecule has 0 amide bonds. The minimum atomic E-state index is 0.361. The fourth-order valence-corrected chi connectivity index (χ4v) is 3.10. The average Bonchev–Trinajstić information content (AvgIpc) is 2.56. The highest BCUT2D eigenvalue weighted by atomic mass is 32.1. The van der Waals surface area contributed by atoms with Crippen LogP contribution in [0.5, 0.6) is 5.75 Å². The Kier molecular flexibility index (Phi) is 10.1. The van der Waals surface area contributed by atoms with E-state index in [4.69, 9.17) is 17.0 Å². The van der Waals surface area contributed by atoms with Crippen molar-refractivity contribution in [2.45, 2.75) is 65.8 Å². The predicted molar refractivity (Wildman–Crippen MR) is 110 cm³/mol. The summed E-state index contributed by atoms with van der Waals surface area (Å²) in [6.07, 6.45) is 6.22. The Morgan fingerprint density at radius 3 is 2.56 bits per heavy atom. The number of unbranched alkanes of at least 4 members (excludes halogenated alkanes) is 1. The van der Waals surface area contributed by atoms with Gasteiger partial charge in [0.1, 0.15) is 5.75 Å². The third-order valence-corrected chi connectivity index (χ3v) is 4.97. The van der Waals surface area contributed by atoms with Crippen LogP contribution in [-0.2, 0) is 17.7 Å². The van der Waals surface area contributed by atoms with Gasteiger partial charge in [-0.1, -0.05) is 39.2 Å². The van der Waals surface area contributed by atoms with Gasteiger partial charge in [0.05, 0.1) is 6.61 Å². The lowest BCUT2D eigenvalue weighted by Crippen LogP contribution is -2.13. The van der Waals surface area contributed by atoms with Gasteiger partial charge < -0.3 is 14.7 Å². The summed E-state index contributed by atoms with van der Waals surface area (Å²) in [5.41, 5.74) is 3.31. The molecule has 0 aliphatic heterocycles. The molecular weight excluding hydrogens is 330 g/mol. The van der Waals surface area contributed by atoms with E-state index in [1.807, 2.05) is 20.2 Å². The van der Waals surface area contributed by atoms with Gasteiger partial charge in [-0.3, -0.25) is 0 Å². The average molecular weight is 366 g/mol. The second-order valence-corrected chi connectivity index (χ2v) is 7.70. The van der Waals surface area contributed by atoms with Crippen molar-refractivity contribution in [3.05, 3.63) is 28.8 Å². The molecule has 0 aliphatic carbocycles. The minimum absolute atomic E-state index is 0.361. The van der Waals surface area contributed by atoms with E-state index >= 15 is 0 Å². The highest BCUT2D eigenvalue weighted by molar-refractivity contribution is 7.80. The molecule has 25 heavy (non-hydrogen) atoms. The van der Waals surface area contributed by atoms with Gasteiger partial charge in [0.15, 0.2) is 5.05 Å². The molecule has 0 aliphatic rings. The zero-order valence-corrected chi connectivity index (χ0v) is 17.4. The first-order chi connectivity index (χ1) is 11.9. The lowest BCUT2D eigenvalue weighted by molar-refractivity contribution is 0.223. The fraction of sp³-hybridized carbons (Fsp3) is 0.667. The number of rotatable bonds is 11. The van der Waals surface area contributed by atoms with Crippen LogP contribution in [0.15, 0.2) is 12.1 Å². The number of nitrogens with zero attached hydrogens (tertiary/aromatic N) is 1. The summed E-state index contributed by atoms with van der Waals surface area (Å²) in [5, 5.41) is 10.9. The van der Waals surface area contributed by atoms with Crippen LogP contribution in [0.1, 0.15) is 62.6 Å². The number of thiocarbonyl (C=S) groups is 1. The maximum absolute atomic E-state index is 10.3. The number of hydrogen-bond acceptors (Lipinski definition) is 4. The lowest BCUT2D eigenvalue weighted by Gasteiger charge is -2.17. The van der Waals surface area contributed by atoms with Crippen LogP contribution in [0.4, 0.5) is 0 Å². The number of aromatic hydroxyl groups is 1. The van der Waals surface area contributed by atoms with Crippen LogP contribution >= 0.6 is 12.2 Å². The van der Waals surface area contributed by atoms with E-state index in [0.717, 1.165) is 37.1 Å². The van der Waals surface area contributed by atoms with Crippen molar-refractivity contribution in [2.24, 2.45) is 5.92 Å². The number of phenols is 1. The molecule has 142 valence electrons. The van der Waals surface area contributed by atoms with Gasteiger partial charge in [-0.15, -0.1) is 0 Å². The van der Waals surface area contributed by atoms with Crippen LogP contribution in [-0.4, -0.2) is 35.8 Å². The summed E-state index contributed by atoms with van der Waals surface area (Å²) in [5.74, 6) is 0.957. The van der Waals surface area contributed by atoms with Crippen LogP contribution in [0.2, 0.25) is 0 Å². The van der Waals surface area contributed by atoms with Crippen molar-refractivity contribution in [2.75, 3.05) is 20.7 Å². The number of aryl methyl sites for hydroxylation is 2. The highest BCUT2D eigenvalue weighted by Crippen LogP contribution is 2.25. The standard InChI is InChI=1S/C21H35NO2S/c1-6-8-9-17(7-2)15-24-21(25)11-10-18-12-16(3)19(13-20(18)23)14-22(4)5/h12-13,17,23H,6-11,14-15H2,1-5H3. The molecule has 0 saturated heterocycles. The lowest BCUT2D eigenvalue weighted by atomic mass is 10.00. The molecule has 0 spiro atoms. The van der Waals surface area contributed by atoms with Gasteiger partial charge in [-0.2, -0.15) is 0 Å². The van der Waals surface area contributed by atoms with Crippen LogP contribution in [0, 0.1) is 12.8 Å². The molecule has 0 heterocycles. The molecule has 0 radical (unpaired) electrons. The molecule has 1 aromatic rings. The predicted octanol–water partition coefficient (Wildman–Crippen LogP) is 5.26. The Hall–Kier alpha value is -1.13. The molecule has 0 aromatic heterocycles.